The van der Waals surface area contributed by atoms with Gasteiger partial charge in [0.1, 0.15) is 11.6 Å². The number of hydrogen-bond donors (Lipinski definition) is 1. The summed E-state index contributed by atoms with van der Waals surface area (Å²) < 4.78 is 19.1. The Kier molecular flexibility index (Phi) is 5.30. The van der Waals surface area contributed by atoms with Crippen molar-refractivity contribution in [1.29, 1.82) is 0 Å². The molecule has 1 aromatic heterocycles. The minimum absolute atomic E-state index is 0.103. The molecule has 1 aliphatic carbocycles. The highest BCUT2D eigenvalue weighted by Crippen LogP contribution is 2.40. The molecule has 4 nitrogen and oxygen atoms in total. The lowest BCUT2D eigenvalue weighted by Gasteiger charge is -2.30. The Labute approximate surface area is 159 Å². The molecular formula is C22H27FN2O2. The van der Waals surface area contributed by atoms with Crippen molar-refractivity contribution in [3.05, 3.63) is 59.3 Å². The molecule has 2 fully saturated rings. The molecule has 0 unspecified atom stereocenters. The van der Waals surface area contributed by atoms with Gasteiger partial charge in [0.15, 0.2) is 5.76 Å². The van der Waals surface area contributed by atoms with Gasteiger partial charge in [0.05, 0.1) is 6.54 Å². The van der Waals surface area contributed by atoms with E-state index in [1.165, 1.54) is 25.0 Å². The standard InChI is InChI=1S/C22H27FN2O2/c23-18-7-5-17(6-8-18)22(11-1-2-12-22)16-24-21(26)20-10-9-19(27-20)15-25-13-3-4-14-25/h5-10H,1-4,11-16H2,(H,24,26). The number of nitrogens with zero attached hydrogens (tertiary/aromatic N) is 1. The van der Waals surface area contributed by atoms with Gasteiger partial charge in [-0.3, -0.25) is 9.69 Å². The van der Waals surface area contributed by atoms with Crippen LogP contribution in [0.5, 0.6) is 0 Å². The predicted octanol–water partition coefficient (Wildman–Crippen LogP) is 4.26. The number of rotatable bonds is 6. The molecule has 1 amide bonds. The molecule has 1 aromatic carbocycles. The third-order valence-corrected chi connectivity index (χ3v) is 6.07. The summed E-state index contributed by atoms with van der Waals surface area (Å²) in [5.41, 5.74) is 1.00. The first kappa shape index (κ1) is 18.2. The van der Waals surface area contributed by atoms with E-state index in [0.717, 1.165) is 56.6 Å². The van der Waals surface area contributed by atoms with Gasteiger partial charge in [0.2, 0.25) is 0 Å². The monoisotopic (exact) mass is 370 g/mol. The summed E-state index contributed by atoms with van der Waals surface area (Å²) >= 11 is 0. The molecule has 5 heteroatoms. The zero-order chi connectivity index (χ0) is 18.7. The van der Waals surface area contributed by atoms with Gasteiger partial charge in [-0.2, -0.15) is 0 Å². The van der Waals surface area contributed by atoms with Crippen LogP contribution in [-0.2, 0) is 12.0 Å². The smallest absolute Gasteiger partial charge is 0.287 e. The van der Waals surface area contributed by atoms with Crippen molar-refractivity contribution in [2.24, 2.45) is 0 Å². The summed E-state index contributed by atoms with van der Waals surface area (Å²) in [6.45, 7) is 3.53. The summed E-state index contributed by atoms with van der Waals surface area (Å²) in [5, 5.41) is 3.06. The lowest BCUT2D eigenvalue weighted by Crippen LogP contribution is -2.39. The van der Waals surface area contributed by atoms with Gasteiger partial charge in [0, 0.05) is 12.0 Å². The third kappa shape index (κ3) is 4.08. The number of nitrogens with one attached hydrogen (secondary N) is 1. The van der Waals surface area contributed by atoms with Gasteiger partial charge in [0.25, 0.3) is 5.91 Å². The van der Waals surface area contributed by atoms with Gasteiger partial charge in [-0.25, -0.2) is 4.39 Å². The highest BCUT2D eigenvalue weighted by atomic mass is 19.1. The second-order valence-corrected chi connectivity index (χ2v) is 7.93. The number of halogens is 1. The van der Waals surface area contributed by atoms with E-state index in [-0.39, 0.29) is 17.1 Å². The molecule has 0 radical (unpaired) electrons. The van der Waals surface area contributed by atoms with Crippen LogP contribution in [0.4, 0.5) is 4.39 Å². The van der Waals surface area contributed by atoms with E-state index in [1.54, 1.807) is 6.07 Å². The molecule has 0 spiro atoms. The first-order valence-corrected chi connectivity index (χ1v) is 10.00. The maximum atomic E-state index is 13.3. The predicted molar refractivity (Wildman–Crippen MR) is 102 cm³/mol. The molecule has 2 aromatic rings. The van der Waals surface area contributed by atoms with Crippen LogP contribution in [0.2, 0.25) is 0 Å². The summed E-state index contributed by atoms with van der Waals surface area (Å²) in [7, 11) is 0. The van der Waals surface area contributed by atoms with Crippen molar-refractivity contribution < 1.29 is 13.6 Å². The van der Waals surface area contributed by atoms with E-state index < -0.39 is 0 Å². The van der Waals surface area contributed by atoms with Crippen molar-refractivity contribution in [3.8, 4) is 0 Å². The van der Waals surface area contributed by atoms with E-state index in [9.17, 15) is 9.18 Å². The first-order chi connectivity index (χ1) is 13.1. The number of likely N-dealkylation sites (tertiary alicyclic amines) is 1. The maximum Gasteiger partial charge on any atom is 0.287 e. The van der Waals surface area contributed by atoms with Crippen LogP contribution in [-0.4, -0.2) is 30.4 Å². The second-order valence-electron chi connectivity index (χ2n) is 7.93. The summed E-state index contributed by atoms with van der Waals surface area (Å²) in [6.07, 6.45) is 6.76. The zero-order valence-electron chi connectivity index (χ0n) is 15.7. The van der Waals surface area contributed by atoms with Gasteiger partial charge in [-0.05, 0) is 68.6 Å². The van der Waals surface area contributed by atoms with E-state index in [2.05, 4.69) is 10.2 Å². The quantitative estimate of drug-likeness (QED) is 0.827. The average molecular weight is 370 g/mol. The molecule has 1 aliphatic heterocycles. The topological polar surface area (TPSA) is 45.5 Å². The largest absolute Gasteiger partial charge is 0.455 e. The number of carbonyl (C=O) groups is 1. The van der Waals surface area contributed by atoms with Crippen molar-refractivity contribution in [1.82, 2.24) is 10.2 Å². The van der Waals surface area contributed by atoms with Crippen molar-refractivity contribution >= 4 is 5.91 Å². The normalized spacial score (nSPS) is 19.4. The number of furan rings is 1. The molecule has 2 heterocycles. The fourth-order valence-corrected chi connectivity index (χ4v) is 4.51. The van der Waals surface area contributed by atoms with Crippen LogP contribution in [0, 0.1) is 5.82 Å². The third-order valence-electron chi connectivity index (χ3n) is 6.07. The minimum Gasteiger partial charge on any atom is -0.455 e. The molecular weight excluding hydrogens is 343 g/mol. The second kappa shape index (κ2) is 7.85. The van der Waals surface area contributed by atoms with Crippen LogP contribution in [0.3, 0.4) is 0 Å². The zero-order valence-corrected chi connectivity index (χ0v) is 15.7. The molecule has 2 aliphatic rings. The Morgan fingerprint density at radius 2 is 1.74 bits per heavy atom. The molecule has 0 atom stereocenters. The van der Waals surface area contributed by atoms with Gasteiger partial charge in [-0.1, -0.05) is 25.0 Å². The molecule has 144 valence electrons. The Morgan fingerprint density at radius 1 is 1.04 bits per heavy atom. The Morgan fingerprint density at radius 3 is 2.44 bits per heavy atom. The summed E-state index contributed by atoms with van der Waals surface area (Å²) in [5.74, 6) is 0.820. The summed E-state index contributed by atoms with van der Waals surface area (Å²) in [4.78, 5) is 15.0. The van der Waals surface area contributed by atoms with Crippen LogP contribution >= 0.6 is 0 Å². The van der Waals surface area contributed by atoms with E-state index in [0.29, 0.717) is 12.3 Å². The Balaban J connectivity index is 1.40. The summed E-state index contributed by atoms with van der Waals surface area (Å²) in [6, 6.07) is 10.4. The van der Waals surface area contributed by atoms with E-state index in [4.69, 9.17) is 4.42 Å². The average Bonchev–Trinajstić information content (AvgIpc) is 3.43. The van der Waals surface area contributed by atoms with Crippen LogP contribution in [0.1, 0.15) is 60.4 Å². The number of benzene rings is 1. The maximum absolute atomic E-state index is 13.3. The number of amides is 1. The molecule has 1 saturated carbocycles. The first-order valence-electron chi connectivity index (χ1n) is 10.00. The fraction of sp³-hybridized carbons (Fsp3) is 0.500. The lowest BCUT2D eigenvalue weighted by molar-refractivity contribution is 0.0912. The molecule has 4 rings (SSSR count). The van der Waals surface area contributed by atoms with Gasteiger partial charge in [-0.15, -0.1) is 0 Å². The Bertz CT molecular complexity index is 772. The van der Waals surface area contributed by atoms with Crippen LogP contribution in [0.15, 0.2) is 40.8 Å². The molecule has 27 heavy (non-hydrogen) atoms. The van der Waals surface area contributed by atoms with Crippen molar-refractivity contribution in [3.63, 3.8) is 0 Å². The van der Waals surface area contributed by atoms with Crippen LogP contribution in [0.25, 0.3) is 0 Å². The Hall–Kier alpha value is -2.14. The van der Waals surface area contributed by atoms with Gasteiger partial charge < -0.3 is 9.73 Å². The number of carbonyl (C=O) groups excluding carboxylic acids is 1. The lowest BCUT2D eigenvalue weighted by atomic mass is 9.79. The highest BCUT2D eigenvalue weighted by Gasteiger charge is 2.36. The molecule has 1 N–H and O–H groups in total. The van der Waals surface area contributed by atoms with Crippen LogP contribution < -0.4 is 5.32 Å². The number of hydrogen-bond acceptors (Lipinski definition) is 3. The molecule has 1 saturated heterocycles. The van der Waals surface area contributed by atoms with E-state index >= 15 is 0 Å². The van der Waals surface area contributed by atoms with E-state index in [1.807, 2.05) is 18.2 Å². The van der Waals surface area contributed by atoms with Crippen molar-refractivity contribution in [2.45, 2.75) is 50.5 Å². The highest BCUT2D eigenvalue weighted by molar-refractivity contribution is 5.91. The minimum atomic E-state index is -0.225. The SMILES string of the molecule is O=C(NCC1(c2ccc(F)cc2)CCCC1)c1ccc(CN2CCCC2)o1. The van der Waals surface area contributed by atoms with Gasteiger partial charge >= 0.3 is 0 Å². The fourth-order valence-electron chi connectivity index (χ4n) is 4.51. The van der Waals surface area contributed by atoms with Crippen molar-refractivity contribution in [2.75, 3.05) is 19.6 Å². The molecule has 0 bridgehead atoms.